The maximum atomic E-state index is 9.14. The van der Waals surface area contributed by atoms with Crippen LogP contribution in [0.4, 0.5) is 0 Å². The highest BCUT2D eigenvalue weighted by Gasteiger charge is 2.25. The van der Waals surface area contributed by atoms with Crippen LogP contribution in [-0.4, -0.2) is 9.78 Å². The van der Waals surface area contributed by atoms with Crippen molar-refractivity contribution in [1.82, 2.24) is 9.78 Å². The van der Waals surface area contributed by atoms with Crippen molar-refractivity contribution in [2.24, 2.45) is 12.5 Å². The second-order valence-corrected chi connectivity index (χ2v) is 4.97. The Morgan fingerprint density at radius 1 is 1.60 bits per heavy atom. The lowest BCUT2D eigenvalue weighted by Gasteiger charge is -2.19. The van der Waals surface area contributed by atoms with Crippen molar-refractivity contribution < 1.29 is 0 Å². The molecular formula is C11H16BrN3. The summed E-state index contributed by atoms with van der Waals surface area (Å²) in [7, 11) is 1.92. The van der Waals surface area contributed by atoms with Gasteiger partial charge in [-0.2, -0.15) is 10.4 Å². The van der Waals surface area contributed by atoms with Gasteiger partial charge in [0.15, 0.2) is 0 Å². The third kappa shape index (κ3) is 2.40. The van der Waals surface area contributed by atoms with Gasteiger partial charge in [-0.15, -0.1) is 0 Å². The molecule has 3 nitrogen and oxygen atoms in total. The van der Waals surface area contributed by atoms with E-state index in [1.807, 2.05) is 32.5 Å². The standard InChI is InChI=1S/C11H16BrN3/c1-5-11(3,7-13)6-9-10(12)8(2)14-15(9)4/h5-6H2,1-4H3. The van der Waals surface area contributed by atoms with Crippen molar-refractivity contribution in [3.63, 3.8) is 0 Å². The van der Waals surface area contributed by atoms with E-state index in [2.05, 4.69) is 27.1 Å². The van der Waals surface area contributed by atoms with Gasteiger partial charge >= 0.3 is 0 Å². The Kier molecular flexibility index (Phi) is 3.56. The number of aryl methyl sites for hydroxylation is 2. The molecule has 4 heteroatoms. The second kappa shape index (κ2) is 4.36. The van der Waals surface area contributed by atoms with Crippen LogP contribution in [0.2, 0.25) is 0 Å². The Bertz CT molecular complexity index is 403. The van der Waals surface area contributed by atoms with Crippen molar-refractivity contribution in [2.75, 3.05) is 0 Å². The summed E-state index contributed by atoms with van der Waals surface area (Å²) in [6.45, 7) is 5.99. The summed E-state index contributed by atoms with van der Waals surface area (Å²) < 4.78 is 2.88. The van der Waals surface area contributed by atoms with Crippen LogP contribution in [0.25, 0.3) is 0 Å². The van der Waals surface area contributed by atoms with Crippen molar-refractivity contribution in [3.8, 4) is 6.07 Å². The van der Waals surface area contributed by atoms with Gasteiger partial charge in [0, 0.05) is 13.5 Å². The molecule has 0 saturated carbocycles. The number of aromatic nitrogens is 2. The summed E-state index contributed by atoms with van der Waals surface area (Å²) in [6, 6.07) is 2.38. The highest BCUT2D eigenvalue weighted by molar-refractivity contribution is 9.10. The fraction of sp³-hybridized carbons (Fsp3) is 0.636. The van der Waals surface area contributed by atoms with Gasteiger partial charge in [0.25, 0.3) is 0 Å². The fourth-order valence-electron chi connectivity index (χ4n) is 1.49. The Labute approximate surface area is 99.2 Å². The Morgan fingerprint density at radius 3 is 2.53 bits per heavy atom. The lowest BCUT2D eigenvalue weighted by Crippen LogP contribution is -2.18. The van der Waals surface area contributed by atoms with E-state index in [0.29, 0.717) is 0 Å². The Morgan fingerprint density at radius 2 is 2.20 bits per heavy atom. The molecule has 1 aromatic rings. The highest BCUT2D eigenvalue weighted by Crippen LogP contribution is 2.30. The molecule has 0 aliphatic heterocycles. The van der Waals surface area contributed by atoms with Crippen LogP contribution in [0.5, 0.6) is 0 Å². The van der Waals surface area contributed by atoms with E-state index in [1.165, 1.54) is 0 Å². The van der Waals surface area contributed by atoms with Crippen LogP contribution in [0.3, 0.4) is 0 Å². The van der Waals surface area contributed by atoms with E-state index >= 15 is 0 Å². The molecule has 82 valence electrons. The summed E-state index contributed by atoms with van der Waals surface area (Å²) in [5.41, 5.74) is 1.77. The first-order valence-electron chi connectivity index (χ1n) is 5.02. The minimum absolute atomic E-state index is 0.303. The van der Waals surface area contributed by atoms with Crippen LogP contribution < -0.4 is 0 Å². The van der Waals surface area contributed by atoms with Gasteiger partial charge in [-0.3, -0.25) is 4.68 Å². The van der Waals surface area contributed by atoms with Crippen LogP contribution in [-0.2, 0) is 13.5 Å². The average molecular weight is 270 g/mol. The molecule has 0 saturated heterocycles. The largest absolute Gasteiger partial charge is 0.271 e. The van der Waals surface area contributed by atoms with Crippen LogP contribution in [0.15, 0.2) is 4.47 Å². The van der Waals surface area contributed by atoms with Gasteiger partial charge < -0.3 is 0 Å². The van der Waals surface area contributed by atoms with Crippen molar-refractivity contribution in [2.45, 2.75) is 33.6 Å². The predicted octanol–water partition coefficient (Wildman–Crippen LogP) is 2.97. The van der Waals surface area contributed by atoms with E-state index < -0.39 is 0 Å². The van der Waals surface area contributed by atoms with Crippen LogP contribution in [0, 0.1) is 23.7 Å². The molecule has 1 atom stereocenters. The van der Waals surface area contributed by atoms with Gasteiger partial charge in [0.2, 0.25) is 0 Å². The molecule has 0 amide bonds. The summed E-state index contributed by atoms with van der Waals surface area (Å²) in [5.74, 6) is 0. The molecule has 0 bridgehead atoms. The molecule has 0 aromatic carbocycles. The van der Waals surface area contributed by atoms with Gasteiger partial charge in [-0.25, -0.2) is 0 Å². The maximum absolute atomic E-state index is 9.14. The normalized spacial score (nSPS) is 14.7. The zero-order valence-corrected chi connectivity index (χ0v) is 11.2. The minimum atomic E-state index is -0.303. The monoisotopic (exact) mass is 269 g/mol. The molecule has 1 unspecified atom stereocenters. The van der Waals surface area contributed by atoms with Gasteiger partial charge in [-0.1, -0.05) is 6.92 Å². The zero-order valence-electron chi connectivity index (χ0n) is 9.63. The van der Waals surface area contributed by atoms with E-state index in [1.54, 1.807) is 0 Å². The Balaban J connectivity index is 3.05. The topological polar surface area (TPSA) is 41.6 Å². The third-order valence-corrected chi connectivity index (χ3v) is 3.90. The summed E-state index contributed by atoms with van der Waals surface area (Å²) in [6.07, 6.45) is 1.58. The van der Waals surface area contributed by atoms with Crippen LogP contribution >= 0.6 is 15.9 Å². The van der Waals surface area contributed by atoms with Gasteiger partial charge in [0.05, 0.1) is 27.3 Å². The molecule has 15 heavy (non-hydrogen) atoms. The van der Waals surface area contributed by atoms with Gasteiger partial charge in [-0.05, 0) is 36.2 Å². The van der Waals surface area contributed by atoms with E-state index in [4.69, 9.17) is 5.26 Å². The summed E-state index contributed by atoms with van der Waals surface area (Å²) in [4.78, 5) is 0. The number of nitriles is 1. The molecule has 1 aromatic heterocycles. The van der Waals surface area contributed by atoms with Crippen LogP contribution in [0.1, 0.15) is 31.7 Å². The molecule has 0 spiro atoms. The maximum Gasteiger partial charge on any atom is 0.0738 e. The quantitative estimate of drug-likeness (QED) is 0.847. The lowest BCUT2D eigenvalue weighted by molar-refractivity contribution is 0.409. The first kappa shape index (κ1) is 12.3. The third-order valence-electron chi connectivity index (χ3n) is 2.87. The molecule has 0 aliphatic carbocycles. The van der Waals surface area contributed by atoms with Crippen molar-refractivity contribution in [1.29, 1.82) is 5.26 Å². The lowest BCUT2D eigenvalue weighted by atomic mass is 9.84. The number of hydrogen-bond donors (Lipinski definition) is 0. The number of rotatable bonds is 3. The molecule has 1 heterocycles. The summed E-state index contributed by atoms with van der Waals surface area (Å²) in [5, 5.41) is 13.5. The fourth-order valence-corrected chi connectivity index (χ4v) is 1.96. The van der Waals surface area contributed by atoms with Gasteiger partial charge in [0.1, 0.15) is 0 Å². The minimum Gasteiger partial charge on any atom is -0.271 e. The zero-order chi connectivity index (χ0) is 11.6. The molecule has 0 fully saturated rings. The van der Waals surface area contributed by atoms with E-state index in [-0.39, 0.29) is 5.41 Å². The second-order valence-electron chi connectivity index (χ2n) is 4.17. The molecular weight excluding hydrogens is 254 g/mol. The first-order chi connectivity index (χ1) is 6.93. The van der Waals surface area contributed by atoms with Crippen molar-refractivity contribution >= 4 is 15.9 Å². The molecule has 0 N–H and O–H groups in total. The molecule has 0 radical (unpaired) electrons. The Hall–Kier alpha value is -0.820. The molecule has 1 rings (SSSR count). The van der Waals surface area contributed by atoms with E-state index in [9.17, 15) is 0 Å². The van der Waals surface area contributed by atoms with Crippen molar-refractivity contribution in [3.05, 3.63) is 15.9 Å². The number of nitrogens with zero attached hydrogens (tertiary/aromatic N) is 3. The van der Waals surface area contributed by atoms with E-state index in [0.717, 1.165) is 28.7 Å². The molecule has 0 aliphatic rings. The predicted molar refractivity (Wildman–Crippen MR) is 63.4 cm³/mol. The number of halogens is 1. The smallest absolute Gasteiger partial charge is 0.0738 e. The first-order valence-corrected chi connectivity index (χ1v) is 5.82. The number of hydrogen-bond acceptors (Lipinski definition) is 2. The highest BCUT2D eigenvalue weighted by atomic mass is 79.9. The average Bonchev–Trinajstić information content (AvgIpc) is 2.45. The summed E-state index contributed by atoms with van der Waals surface area (Å²) >= 11 is 3.52. The SMILES string of the molecule is CCC(C)(C#N)Cc1c(Br)c(C)nn1C.